The lowest BCUT2D eigenvalue weighted by atomic mass is 10.0. The first kappa shape index (κ1) is 21.0. The fraction of sp³-hybridized carbons (Fsp3) is 0.154. The van der Waals surface area contributed by atoms with Gasteiger partial charge in [0, 0.05) is 47.2 Å². The number of benzene rings is 2. The van der Waals surface area contributed by atoms with Crippen molar-refractivity contribution < 1.29 is 9.59 Å². The quantitative estimate of drug-likeness (QED) is 0.473. The fourth-order valence-electron chi connectivity index (χ4n) is 3.97. The number of fused-ring (bicyclic) bond motifs is 1. The van der Waals surface area contributed by atoms with Crippen LogP contribution in [0.15, 0.2) is 72.4 Å². The maximum atomic E-state index is 13.2. The molecule has 0 bridgehead atoms. The van der Waals surface area contributed by atoms with E-state index in [9.17, 15) is 9.59 Å². The monoisotopic (exact) mass is 454 g/mol. The molecule has 1 N–H and O–H groups in total. The summed E-state index contributed by atoms with van der Waals surface area (Å²) in [4.78, 5) is 37.9. The summed E-state index contributed by atoms with van der Waals surface area (Å²) in [6.07, 6.45) is 3.91. The lowest BCUT2D eigenvalue weighted by Gasteiger charge is -2.28. The second-order valence-electron chi connectivity index (χ2n) is 7.94. The Morgan fingerprint density at radius 3 is 2.58 bits per heavy atom. The van der Waals surface area contributed by atoms with E-state index in [0.29, 0.717) is 35.7 Å². The number of hydrogen-bond acceptors (Lipinski definition) is 5. The number of anilines is 1. The van der Waals surface area contributed by atoms with Gasteiger partial charge in [0.25, 0.3) is 11.8 Å². The Balaban J connectivity index is 1.32. The van der Waals surface area contributed by atoms with Crippen molar-refractivity contribution in [1.82, 2.24) is 14.9 Å². The second kappa shape index (κ2) is 8.96. The van der Waals surface area contributed by atoms with Crippen molar-refractivity contribution in [3.8, 4) is 11.4 Å². The van der Waals surface area contributed by atoms with Gasteiger partial charge in [-0.15, -0.1) is 11.3 Å². The third kappa shape index (κ3) is 4.27. The van der Waals surface area contributed by atoms with Gasteiger partial charge >= 0.3 is 0 Å². The summed E-state index contributed by atoms with van der Waals surface area (Å²) < 4.78 is 0. The van der Waals surface area contributed by atoms with E-state index in [2.05, 4.69) is 26.7 Å². The second-order valence-corrected chi connectivity index (χ2v) is 8.94. The van der Waals surface area contributed by atoms with Crippen LogP contribution in [-0.4, -0.2) is 33.2 Å². The Morgan fingerprint density at radius 1 is 1.00 bits per heavy atom. The molecule has 4 aromatic rings. The van der Waals surface area contributed by atoms with E-state index in [1.54, 1.807) is 23.5 Å². The van der Waals surface area contributed by atoms with E-state index in [4.69, 9.17) is 0 Å². The molecular weight excluding hydrogens is 432 g/mol. The summed E-state index contributed by atoms with van der Waals surface area (Å²) in [5.41, 5.74) is 4.41. The van der Waals surface area contributed by atoms with Crippen LogP contribution in [0.2, 0.25) is 0 Å². The normalized spacial score (nSPS) is 12.8. The summed E-state index contributed by atoms with van der Waals surface area (Å²) in [7, 11) is 0. The van der Waals surface area contributed by atoms with Gasteiger partial charge in [-0.3, -0.25) is 9.59 Å². The summed E-state index contributed by atoms with van der Waals surface area (Å²) in [6.45, 7) is 3.18. The molecule has 2 amide bonds. The van der Waals surface area contributed by atoms with Crippen molar-refractivity contribution in [2.75, 3.05) is 11.9 Å². The van der Waals surface area contributed by atoms with Crippen LogP contribution < -0.4 is 5.32 Å². The average molecular weight is 455 g/mol. The van der Waals surface area contributed by atoms with Gasteiger partial charge in [0.15, 0.2) is 5.82 Å². The minimum atomic E-state index is -0.316. The molecule has 0 radical (unpaired) electrons. The first-order valence-electron chi connectivity index (χ1n) is 10.7. The highest BCUT2D eigenvalue weighted by Crippen LogP contribution is 2.27. The van der Waals surface area contributed by atoms with Gasteiger partial charge in [0.1, 0.15) is 0 Å². The zero-order valence-electron chi connectivity index (χ0n) is 18.1. The third-order valence-electron chi connectivity index (χ3n) is 5.85. The Labute approximate surface area is 195 Å². The van der Waals surface area contributed by atoms with Gasteiger partial charge in [0.2, 0.25) is 0 Å². The van der Waals surface area contributed by atoms with Gasteiger partial charge < -0.3 is 10.2 Å². The molecule has 2 aromatic heterocycles. The van der Waals surface area contributed by atoms with Crippen LogP contribution in [0.1, 0.15) is 36.7 Å². The molecule has 0 aliphatic carbocycles. The molecule has 164 valence electrons. The van der Waals surface area contributed by atoms with Crippen LogP contribution in [0.3, 0.4) is 0 Å². The molecule has 6 nitrogen and oxygen atoms in total. The fourth-order valence-corrected chi connectivity index (χ4v) is 4.86. The molecule has 7 heteroatoms. The Morgan fingerprint density at radius 2 is 1.79 bits per heavy atom. The van der Waals surface area contributed by atoms with Crippen molar-refractivity contribution in [2.45, 2.75) is 19.9 Å². The van der Waals surface area contributed by atoms with Crippen molar-refractivity contribution in [3.05, 3.63) is 99.5 Å². The maximum absolute atomic E-state index is 13.2. The minimum Gasteiger partial charge on any atom is -0.334 e. The first-order chi connectivity index (χ1) is 16.1. The number of nitrogens with zero attached hydrogens (tertiary/aromatic N) is 3. The first-order valence-corrected chi connectivity index (χ1v) is 11.6. The van der Waals surface area contributed by atoms with E-state index < -0.39 is 0 Å². The number of aromatic nitrogens is 2. The van der Waals surface area contributed by atoms with E-state index in [-0.39, 0.29) is 11.8 Å². The molecule has 5 rings (SSSR count). The van der Waals surface area contributed by atoms with E-state index in [0.717, 1.165) is 17.5 Å². The molecule has 3 heterocycles. The summed E-state index contributed by atoms with van der Waals surface area (Å²) >= 11 is 1.75. The number of hydrogen-bond donors (Lipinski definition) is 1. The number of carbonyl (C=O) groups excluding carboxylic acids is 2. The zero-order chi connectivity index (χ0) is 22.8. The van der Waals surface area contributed by atoms with Gasteiger partial charge in [-0.1, -0.05) is 36.4 Å². The maximum Gasteiger partial charge on any atom is 0.258 e. The van der Waals surface area contributed by atoms with E-state index in [1.807, 2.05) is 48.2 Å². The molecule has 0 fully saturated rings. The lowest BCUT2D eigenvalue weighted by molar-refractivity contribution is 0.0735. The van der Waals surface area contributed by atoms with Crippen molar-refractivity contribution in [1.29, 1.82) is 0 Å². The van der Waals surface area contributed by atoms with Gasteiger partial charge in [-0.05, 0) is 48.1 Å². The molecule has 2 aromatic carbocycles. The summed E-state index contributed by atoms with van der Waals surface area (Å²) in [5, 5.41) is 4.99. The molecule has 0 spiro atoms. The largest absolute Gasteiger partial charge is 0.334 e. The van der Waals surface area contributed by atoms with Crippen LogP contribution in [0, 0.1) is 6.92 Å². The molecule has 1 aliphatic rings. The van der Waals surface area contributed by atoms with Crippen LogP contribution in [-0.2, 0) is 13.0 Å². The van der Waals surface area contributed by atoms with Crippen molar-refractivity contribution in [3.63, 3.8) is 0 Å². The highest BCUT2D eigenvalue weighted by Gasteiger charge is 2.24. The zero-order valence-corrected chi connectivity index (χ0v) is 18.9. The highest BCUT2D eigenvalue weighted by molar-refractivity contribution is 7.10. The number of rotatable bonds is 4. The summed E-state index contributed by atoms with van der Waals surface area (Å²) in [6, 6.07) is 17.1. The Kier molecular flexibility index (Phi) is 5.71. The molecule has 0 saturated carbocycles. The van der Waals surface area contributed by atoms with Crippen LogP contribution in [0.5, 0.6) is 0 Å². The molecular formula is C26H22N4O2S. The standard InChI is InChI=1S/C26H22N4O2S/c1-17-21(26(32)30-12-10-23-19(16-30)11-13-33-23)8-5-9-22(17)29-25(31)20-14-27-24(28-15-20)18-6-3-2-4-7-18/h2-9,11,13-15H,10,12,16H2,1H3,(H,29,31). The number of nitrogens with one attached hydrogen (secondary N) is 1. The average Bonchev–Trinajstić information content (AvgIpc) is 3.33. The predicted octanol–water partition coefficient (Wildman–Crippen LogP) is 4.96. The minimum absolute atomic E-state index is 0.0176. The highest BCUT2D eigenvalue weighted by atomic mass is 32.1. The van der Waals surface area contributed by atoms with Crippen molar-refractivity contribution in [2.24, 2.45) is 0 Å². The number of amides is 2. The molecule has 0 atom stereocenters. The smallest absolute Gasteiger partial charge is 0.258 e. The van der Waals surface area contributed by atoms with Crippen LogP contribution in [0.25, 0.3) is 11.4 Å². The van der Waals surface area contributed by atoms with Gasteiger partial charge in [-0.2, -0.15) is 0 Å². The lowest BCUT2D eigenvalue weighted by Crippen LogP contribution is -2.35. The molecule has 0 unspecified atom stereocenters. The number of carbonyl (C=O) groups is 2. The Bertz CT molecular complexity index is 1320. The topological polar surface area (TPSA) is 75.2 Å². The molecule has 33 heavy (non-hydrogen) atoms. The Hall–Kier alpha value is -3.84. The molecule has 0 saturated heterocycles. The van der Waals surface area contributed by atoms with E-state index in [1.165, 1.54) is 22.8 Å². The van der Waals surface area contributed by atoms with Crippen LogP contribution in [0.4, 0.5) is 5.69 Å². The third-order valence-corrected chi connectivity index (χ3v) is 6.88. The van der Waals surface area contributed by atoms with Gasteiger partial charge in [-0.25, -0.2) is 9.97 Å². The van der Waals surface area contributed by atoms with E-state index >= 15 is 0 Å². The van der Waals surface area contributed by atoms with Crippen molar-refractivity contribution >= 4 is 28.8 Å². The van der Waals surface area contributed by atoms with Gasteiger partial charge in [0.05, 0.1) is 5.56 Å². The predicted molar refractivity (Wildman–Crippen MR) is 129 cm³/mol. The van der Waals surface area contributed by atoms with Crippen LogP contribution >= 0.6 is 11.3 Å². The molecule has 1 aliphatic heterocycles. The number of thiophene rings is 1. The SMILES string of the molecule is Cc1c(NC(=O)c2cnc(-c3ccccc3)nc2)cccc1C(=O)N1CCc2sccc2C1. The summed E-state index contributed by atoms with van der Waals surface area (Å²) in [5.74, 6) is 0.227.